The van der Waals surface area contributed by atoms with E-state index < -0.39 is 0 Å². The maximum atomic E-state index is 12.6. The van der Waals surface area contributed by atoms with Crippen molar-refractivity contribution < 1.29 is 9.59 Å². The van der Waals surface area contributed by atoms with Crippen LogP contribution >= 0.6 is 11.3 Å². The lowest BCUT2D eigenvalue weighted by Gasteiger charge is -2.24. The summed E-state index contributed by atoms with van der Waals surface area (Å²) in [4.78, 5) is 30.0. The van der Waals surface area contributed by atoms with Crippen molar-refractivity contribution in [1.29, 1.82) is 0 Å². The van der Waals surface area contributed by atoms with Crippen molar-refractivity contribution in [1.82, 2.24) is 15.2 Å². The lowest BCUT2D eigenvalue weighted by Crippen LogP contribution is -2.30. The number of aromatic nitrogens is 1. The predicted octanol–water partition coefficient (Wildman–Crippen LogP) is 2.76. The summed E-state index contributed by atoms with van der Waals surface area (Å²) >= 11 is 1.54. The molecule has 0 radical (unpaired) electrons. The molecule has 120 valence electrons. The summed E-state index contributed by atoms with van der Waals surface area (Å²) in [7, 11) is 0. The molecule has 1 unspecified atom stereocenters. The van der Waals surface area contributed by atoms with E-state index in [9.17, 15) is 9.59 Å². The Hall–Kier alpha value is -2.21. The van der Waals surface area contributed by atoms with Crippen LogP contribution in [0.4, 0.5) is 0 Å². The number of hydrogen-bond donors (Lipinski definition) is 1. The summed E-state index contributed by atoms with van der Waals surface area (Å²) in [6.45, 7) is 2.74. The molecule has 0 spiro atoms. The minimum absolute atomic E-state index is 0.0391. The molecule has 3 heterocycles. The molecule has 2 amide bonds. The van der Waals surface area contributed by atoms with E-state index in [2.05, 4.69) is 10.3 Å². The molecule has 2 aromatic rings. The molecule has 3 rings (SSSR count). The van der Waals surface area contributed by atoms with Crippen LogP contribution in [0.25, 0.3) is 0 Å². The van der Waals surface area contributed by atoms with Gasteiger partial charge in [-0.15, -0.1) is 0 Å². The number of rotatable bonds is 4. The summed E-state index contributed by atoms with van der Waals surface area (Å²) in [6.07, 6.45) is 3.71. The molecule has 23 heavy (non-hydrogen) atoms. The highest BCUT2D eigenvalue weighted by Gasteiger charge is 2.31. The number of thiophene rings is 1. The van der Waals surface area contributed by atoms with Crippen molar-refractivity contribution in [3.8, 4) is 0 Å². The Morgan fingerprint density at radius 1 is 1.39 bits per heavy atom. The first kappa shape index (κ1) is 15.7. The number of nitrogens with zero attached hydrogens (tertiary/aromatic N) is 2. The van der Waals surface area contributed by atoms with E-state index in [4.69, 9.17) is 0 Å². The van der Waals surface area contributed by atoms with Crippen LogP contribution in [0, 0.1) is 0 Å². The number of amides is 2. The van der Waals surface area contributed by atoms with Gasteiger partial charge in [0.05, 0.1) is 17.3 Å². The number of nitrogens with one attached hydrogen (secondary N) is 1. The number of carbonyl (C=O) groups excluding carboxylic acids is 2. The third-order valence-corrected chi connectivity index (χ3v) is 4.70. The van der Waals surface area contributed by atoms with E-state index in [0.29, 0.717) is 6.54 Å². The second-order valence-corrected chi connectivity index (χ2v) is 6.45. The van der Waals surface area contributed by atoms with Gasteiger partial charge in [-0.05, 0) is 35.9 Å². The van der Waals surface area contributed by atoms with Gasteiger partial charge in [0.1, 0.15) is 0 Å². The Kier molecular flexibility index (Phi) is 4.71. The Morgan fingerprint density at radius 2 is 2.26 bits per heavy atom. The summed E-state index contributed by atoms with van der Waals surface area (Å²) in [5, 5.41) is 6.57. The zero-order valence-corrected chi connectivity index (χ0v) is 13.8. The minimum Gasteiger partial charge on any atom is -0.352 e. The fourth-order valence-electron chi connectivity index (χ4n) is 2.83. The molecular weight excluding hydrogens is 310 g/mol. The number of hydrogen-bond acceptors (Lipinski definition) is 4. The summed E-state index contributed by atoms with van der Waals surface area (Å²) in [5.41, 5.74) is 2.62. The van der Waals surface area contributed by atoms with Crippen LogP contribution in [-0.4, -0.2) is 28.2 Å². The lowest BCUT2D eigenvalue weighted by atomic mass is 10.1. The maximum Gasteiger partial charge on any atom is 0.255 e. The number of carbonyl (C=O) groups is 2. The highest BCUT2D eigenvalue weighted by Crippen LogP contribution is 2.32. The van der Waals surface area contributed by atoms with Crippen LogP contribution in [0.3, 0.4) is 0 Å². The molecule has 6 heteroatoms. The zero-order valence-electron chi connectivity index (χ0n) is 13.0. The largest absolute Gasteiger partial charge is 0.352 e. The standard InChI is InChI=1S/C17H19N3O2S/c1-12(21)18-9-13-4-5-15(19-10-13)16-3-2-7-20(16)17(22)14-6-8-23-11-14/h4-6,8,10-11,16H,2-3,7,9H2,1H3,(H,18,21). The predicted molar refractivity (Wildman–Crippen MR) is 89.1 cm³/mol. The van der Waals surface area contributed by atoms with Gasteiger partial charge in [0.2, 0.25) is 5.91 Å². The fourth-order valence-corrected chi connectivity index (χ4v) is 3.46. The molecule has 1 N–H and O–H groups in total. The highest BCUT2D eigenvalue weighted by atomic mass is 32.1. The number of pyridine rings is 1. The first-order valence-electron chi connectivity index (χ1n) is 7.67. The monoisotopic (exact) mass is 329 g/mol. The van der Waals surface area contributed by atoms with Gasteiger partial charge in [-0.3, -0.25) is 14.6 Å². The van der Waals surface area contributed by atoms with Crippen LogP contribution in [0.5, 0.6) is 0 Å². The van der Waals surface area contributed by atoms with Crippen LogP contribution in [0.15, 0.2) is 35.2 Å². The second kappa shape index (κ2) is 6.91. The second-order valence-electron chi connectivity index (χ2n) is 5.67. The molecule has 0 bridgehead atoms. The SMILES string of the molecule is CC(=O)NCc1ccc(C2CCCN2C(=O)c2ccsc2)nc1. The zero-order chi connectivity index (χ0) is 16.2. The molecule has 1 aliphatic rings. The van der Waals surface area contributed by atoms with Crippen molar-refractivity contribution in [2.45, 2.75) is 32.4 Å². The normalized spacial score (nSPS) is 17.3. The van der Waals surface area contributed by atoms with Crippen LogP contribution in [-0.2, 0) is 11.3 Å². The van der Waals surface area contributed by atoms with Gasteiger partial charge in [0.15, 0.2) is 0 Å². The van der Waals surface area contributed by atoms with Crippen molar-refractivity contribution >= 4 is 23.2 Å². The van der Waals surface area contributed by atoms with Crippen LogP contribution in [0.1, 0.15) is 47.4 Å². The van der Waals surface area contributed by atoms with Crippen LogP contribution < -0.4 is 5.32 Å². The van der Waals surface area contributed by atoms with E-state index in [0.717, 1.165) is 36.2 Å². The number of likely N-dealkylation sites (tertiary alicyclic amines) is 1. The van der Waals surface area contributed by atoms with Gasteiger partial charge >= 0.3 is 0 Å². The quantitative estimate of drug-likeness (QED) is 0.938. The maximum absolute atomic E-state index is 12.6. The van der Waals surface area contributed by atoms with Gasteiger partial charge in [-0.1, -0.05) is 6.07 Å². The molecule has 5 nitrogen and oxygen atoms in total. The molecule has 1 atom stereocenters. The Bertz CT molecular complexity index is 682. The van der Waals surface area contributed by atoms with E-state index in [1.165, 1.54) is 18.3 Å². The summed E-state index contributed by atoms with van der Waals surface area (Å²) in [6, 6.07) is 5.83. The molecular formula is C17H19N3O2S. The van der Waals surface area contributed by atoms with E-state index in [-0.39, 0.29) is 17.9 Å². The van der Waals surface area contributed by atoms with Gasteiger partial charge in [0.25, 0.3) is 5.91 Å². The topological polar surface area (TPSA) is 62.3 Å². The lowest BCUT2D eigenvalue weighted by molar-refractivity contribution is -0.119. The van der Waals surface area contributed by atoms with Gasteiger partial charge in [-0.25, -0.2) is 0 Å². The minimum atomic E-state index is -0.0580. The molecule has 1 saturated heterocycles. The first-order chi connectivity index (χ1) is 11.1. The van der Waals surface area contributed by atoms with Crippen molar-refractivity contribution in [2.75, 3.05) is 6.54 Å². The van der Waals surface area contributed by atoms with Gasteiger partial charge in [0, 0.05) is 31.6 Å². The summed E-state index contributed by atoms with van der Waals surface area (Å²) < 4.78 is 0. The average Bonchev–Trinajstić information content (AvgIpc) is 3.24. The Balaban J connectivity index is 1.72. The molecule has 0 aromatic carbocycles. The van der Waals surface area contributed by atoms with Gasteiger partial charge in [-0.2, -0.15) is 11.3 Å². The fraction of sp³-hybridized carbons (Fsp3) is 0.353. The molecule has 2 aromatic heterocycles. The smallest absolute Gasteiger partial charge is 0.255 e. The van der Waals surface area contributed by atoms with Crippen molar-refractivity contribution in [3.05, 3.63) is 52.0 Å². The first-order valence-corrected chi connectivity index (χ1v) is 8.62. The van der Waals surface area contributed by atoms with E-state index in [1.807, 2.05) is 33.9 Å². The van der Waals surface area contributed by atoms with Gasteiger partial charge < -0.3 is 10.2 Å². The Labute approximate surface area is 139 Å². The van der Waals surface area contributed by atoms with Crippen LogP contribution in [0.2, 0.25) is 0 Å². The molecule has 0 saturated carbocycles. The van der Waals surface area contributed by atoms with Crippen molar-refractivity contribution in [2.24, 2.45) is 0 Å². The molecule has 1 fully saturated rings. The molecule has 0 aliphatic carbocycles. The average molecular weight is 329 g/mol. The summed E-state index contributed by atoms with van der Waals surface area (Å²) in [5.74, 6) is 0.0234. The Morgan fingerprint density at radius 3 is 2.91 bits per heavy atom. The third kappa shape index (κ3) is 3.59. The third-order valence-electron chi connectivity index (χ3n) is 4.01. The highest BCUT2D eigenvalue weighted by molar-refractivity contribution is 7.08. The van der Waals surface area contributed by atoms with Crippen molar-refractivity contribution in [3.63, 3.8) is 0 Å². The van der Waals surface area contributed by atoms with E-state index >= 15 is 0 Å². The molecule has 1 aliphatic heterocycles. The van der Waals surface area contributed by atoms with E-state index in [1.54, 1.807) is 6.20 Å².